The first-order valence-corrected chi connectivity index (χ1v) is 10.0. The van der Waals surface area contributed by atoms with Gasteiger partial charge in [-0.1, -0.05) is 6.92 Å². The first kappa shape index (κ1) is 19.6. The topological polar surface area (TPSA) is 96.5 Å². The van der Waals surface area contributed by atoms with Gasteiger partial charge >= 0.3 is 0 Å². The second-order valence-corrected chi connectivity index (χ2v) is 8.59. The molecule has 2 aromatic rings. The second-order valence-electron chi connectivity index (χ2n) is 8.59. The molecule has 2 aliphatic heterocycles. The Morgan fingerprint density at radius 2 is 1.96 bits per heavy atom. The van der Waals surface area contributed by atoms with Crippen LogP contribution in [0.3, 0.4) is 0 Å². The summed E-state index contributed by atoms with van der Waals surface area (Å²) in [6.07, 6.45) is 0.912. The summed E-state index contributed by atoms with van der Waals surface area (Å²) in [5, 5.41) is 3.38. The van der Waals surface area contributed by atoms with Crippen LogP contribution in [0.1, 0.15) is 44.8 Å². The normalized spacial score (nSPS) is 21.0. The summed E-state index contributed by atoms with van der Waals surface area (Å²) >= 11 is 0. The van der Waals surface area contributed by atoms with Gasteiger partial charge in [0.25, 0.3) is 0 Å². The number of hydrogen-bond donors (Lipinski definition) is 2. The van der Waals surface area contributed by atoms with E-state index in [9.17, 15) is 0 Å². The van der Waals surface area contributed by atoms with Crippen LogP contribution in [0.4, 0.5) is 5.82 Å². The molecular formula is C20H31N5O3. The number of hydrogen-bond acceptors (Lipinski definition) is 7. The molecule has 0 saturated carbocycles. The molecule has 0 amide bonds. The Kier molecular flexibility index (Phi) is 5.07. The number of anilines is 1. The number of nitrogen functional groups attached to an aromatic ring is 1. The standard InChI is InChI=1S/C20H31N5O3/c1-5-26-9-15-24-16-17(13-6-7-22-8-14(13)23-18(16)21)25(15)10-20(4)11-27-19(2,3)28-12-20/h22H,5-12H2,1-4H3,(H2,21,23). The average molecular weight is 390 g/mol. The monoisotopic (exact) mass is 389 g/mol. The van der Waals surface area contributed by atoms with Crippen molar-refractivity contribution in [3.05, 3.63) is 17.1 Å². The van der Waals surface area contributed by atoms with Crippen LogP contribution in [-0.2, 0) is 40.3 Å². The van der Waals surface area contributed by atoms with Gasteiger partial charge in [-0.05, 0) is 33.7 Å². The van der Waals surface area contributed by atoms with Crippen molar-refractivity contribution in [1.29, 1.82) is 0 Å². The van der Waals surface area contributed by atoms with E-state index in [4.69, 9.17) is 24.9 Å². The molecule has 0 unspecified atom stereocenters. The first-order valence-electron chi connectivity index (χ1n) is 10.0. The molecule has 4 rings (SSSR count). The van der Waals surface area contributed by atoms with Crippen molar-refractivity contribution >= 4 is 16.9 Å². The van der Waals surface area contributed by atoms with Gasteiger partial charge in [-0.3, -0.25) is 0 Å². The fraction of sp³-hybridized carbons (Fsp3) is 0.700. The third-order valence-corrected chi connectivity index (χ3v) is 5.53. The summed E-state index contributed by atoms with van der Waals surface area (Å²) in [6.45, 7) is 12.8. The number of aromatic nitrogens is 3. The molecular weight excluding hydrogens is 358 g/mol. The molecule has 2 aromatic heterocycles. The van der Waals surface area contributed by atoms with Crippen molar-refractivity contribution in [1.82, 2.24) is 19.9 Å². The van der Waals surface area contributed by atoms with Gasteiger partial charge in [0.05, 0.1) is 24.4 Å². The lowest BCUT2D eigenvalue weighted by atomic mass is 9.91. The lowest BCUT2D eigenvalue weighted by molar-refractivity contribution is -0.284. The quantitative estimate of drug-likeness (QED) is 0.807. The zero-order valence-corrected chi connectivity index (χ0v) is 17.3. The number of pyridine rings is 1. The molecule has 28 heavy (non-hydrogen) atoms. The van der Waals surface area contributed by atoms with Gasteiger partial charge in [-0.25, -0.2) is 9.97 Å². The van der Waals surface area contributed by atoms with E-state index in [1.54, 1.807) is 0 Å². The highest BCUT2D eigenvalue weighted by atomic mass is 16.7. The lowest BCUT2D eigenvalue weighted by Gasteiger charge is -2.41. The molecule has 0 bridgehead atoms. The minimum absolute atomic E-state index is 0.165. The number of nitrogens with one attached hydrogen (secondary N) is 1. The van der Waals surface area contributed by atoms with Crippen molar-refractivity contribution in [2.24, 2.45) is 5.41 Å². The third kappa shape index (κ3) is 3.61. The predicted octanol–water partition coefficient (Wildman–Crippen LogP) is 1.98. The molecule has 2 aliphatic rings. The van der Waals surface area contributed by atoms with Crippen molar-refractivity contribution in [3.8, 4) is 0 Å². The number of nitrogens with two attached hydrogens (primary N) is 1. The van der Waals surface area contributed by atoms with Crippen LogP contribution in [0.2, 0.25) is 0 Å². The Balaban J connectivity index is 1.79. The molecule has 4 heterocycles. The SMILES string of the molecule is CCOCc1nc2c(N)nc3c(c2n1CC1(C)COC(C)(C)OC1)CCNC3. The molecule has 0 aromatic carbocycles. The largest absolute Gasteiger partial charge is 0.382 e. The number of ether oxygens (including phenoxy) is 3. The van der Waals surface area contributed by atoms with Crippen LogP contribution in [0.5, 0.6) is 0 Å². The molecule has 3 N–H and O–H groups in total. The van der Waals surface area contributed by atoms with Crippen LogP contribution >= 0.6 is 0 Å². The minimum atomic E-state index is -0.538. The van der Waals surface area contributed by atoms with Crippen molar-refractivity contribution < 1.29 is 14.2 Å². The Labute approximate surface area is 165 Å². The second kappa shape index (κ2) is 7.26. The van der Waals surface area contributed by atoms with Gasteiger partial charge in [0, 0.05) is 30.7 Å². The van der Waals surface area contributed by atoms with Crippen LogP contribution in [0.25, 0.3) is 11.0 Å². The van der Waals surface area contributed by atoms with Gasteiger partial charge < -0.3 is 29.8 Å². The molecule has 0 radical (unpaired) electrons. The van der Waals surface area contributed by atoms with Gasteiger partial charge in [0.1, 0.15) is 17.9 Å². The Hall–Kier alpha value is -1.74. The highest BCUT2D eigenvalue weighted by Crippen LogP contribution is 2.35. The maximum absolute atomic E-state index is 6.29. The molecule has 8 heteroatoms. The van der Waals surface area contributed by atoms with Gasteiger partial charge in [0.2, 0.25) is 0 Å². The molecule has 0 spiro atoms. The van der Waals surface area contributed by atoms with E-state index < -0.39 is 5.79 Å². The molecule has 1 fully saturated rings. The Morgan fingerprint density at radius 1 is 1.21 bits per heavy atom. The van der Waals surface area contributed by atoms with E-state index in [-0.39, 0.29) is 5.41 Å². The van der Waals surface area contributed by atoms with E-state index in [2.05, 4.69) is 21.8 Å². The van der Waals surface area contributed by atoms with E-state index in [1.807, 2.05) is 20.8 Å². The van der Waals surface area contributed by atoms with Crippen LogP contribution in [0, 0.1) is 5.41 Å². The molecule has 8 nitrogen and oxygen atoms in total. The van der Waals surface area contributed by atoms with Crippen LogP contribution in [-0.4, -0.2) is 46.7 Å². The maximum Gasteiger partial charge on any atom is 0.162 e. The molecule has 154 valence electrons. The van der Waals surface area contributed by atoms with Gasteiger partial charge in [-0.15, -0.1) is 0 Å². The smallest absolute Gasteiger partial charge is 0.162 e. The summed E-state index contributed by atoms with van der Waals surface area (Å²) in [5.74, 6) is 0.823. The van der Waals surface area contributed by atoms with Crippen molar-refractivity contribution in [2.45, 2.75) is 59.6 Å². The fourth-order valence-corrected chi connectivity index (χ4v) is 3.94. The summed E-state index contributed by atoms with van der Waals surface area (Å²) in [5.41, 5.74) is 10.2. The van der Waals surface area contributed by atoms with E-state index in [1.165, 1.54) is 5.56 Å². The third-order valence-electron chi connectivity index (χ3n) is 5.53. The van der Waals surface area contributed by atoms with Crippen LogP contribution in [0.15, 0.2) is 0 Å². The Bertz CT molecular complexity index is 867. The predicted molar refractivity (Wildman–Crippen MR) is 107 cm³/mol. The molecule has 0 atom stereocenters. The van der Waals surface area contributed by atoms with Crippen molar-refractivity contribution in [3.63, 3.8) is 0 Å². The lowest BCUT2D eigenvalue weighted by Crippen LogP contribution is -2.47. The average Bonchev–Trinajstić information content (AvgIpc) is 3.02. The van der Waals surface area contributed by atoms with Crippen LogP contribution < -0.4 is 11.1 Å². The number of rotatable bonds is 5. The zero-order chi connectivity index (χ0) is 19.9. The first-order chi connectivity index (χ1) is 13.3. The summed E-state index contributed by atoms with van der Waals surface area (Å²) in [6, 6.07) is 0. The van der Waals surface area contributed by atoms with Gasteiger partial charge in [0.15, 0.2) is 11.6 Å². The molecule has 1 saturated heterocycles. The minimum Gasteiger partial charge on any atom is -0.382 e. The zero-order valence-electron chi connectivity index (χ0n) is 17.3. The number of nitrogens with zero attached hydrogens (tertiary/aromatic N) is 3. The van der Waals surface area contributed by atoms with Gasteiger partial charge in [-0.2, -0.15) is 0 Å². The number of fused-ring (bicyclic) bond motifs is 3. The summed E-state index contributed by atoms with van der Waals surface area (Å²) < 4.78 is 19.9. The molecule has 0 aliphatic carbocycles. The highest BCUT2D eigenvalue weighted by molar-refractivity contribution is 5.89. The maximum atomic E-state index is 6.29. The summed E-state index contributed by atoms with van der Waals surface area (Å²) in [4.78, 5) is 9.44. The van der Waals surface area contributed by atoms with E-state index >= 15 is 0 Å². The van der Waals surface area contributed by atoms with Crippen molar-refractivity contribution in [2.75, 3.05) is 32.1 Å². The Morgan fingerprint density at radius 3 is 2.68 bits per heavy atom. The van der Waals surface area contributed by atoms with E-state index in [0.717, 1.165) is 48.6 Å². The number of imidazole rings is 1. The fourth-order valence-electron chi connectivity index (χ4n) is 3.94. The highest BCUT2D eigenvalue weighted by Gasteiger charge is 2.38. The van der Waals surface area contributed by atoms with E-state index in [0.29, 0.717) is 32.2 Å². The summed E-state index contributed by atoms with van der Waals surface area (Å²) in [7, 11) is 0.